The van der Waals surface area contributed by atoms with Crippen molar-refractivity contribution < 1.29 is 14.3 Å². The molecule has 1 aromatic heterocycles. The smallest absolute Gasteiger partial charge is 0.233 e. The van der Waals surface area contributed by atoms with E-state index in [0.717, 1.165) is 28.4 Å². The van der Waals surface area contributed by atoms with Crippen molar-refractivity contribution in [1.82, 2.24) is 15.3 Å². The monoisotopic (exact) mass is 351 g/mol. The molecule has 1 unspecified atom stereocenters. The fraction of sp³-hybridized carbons (Fsp3) is 0.529. The summed E-state index contributed by atoms with van der Waals surface area (Å²) in [6, 6.07) is 5.74. The molecule has 24 heavy (non-hydrogen) atoms. The number of H-pyrrole nitrogens is 1. The molecule has 0 aliphatic rings. The third kappa shape index (κ3) is 5.42. The predicted octanol–water partition coefficient (Wildman–Crippen LogP) is 2.99. The van der Waals surface area contributed by atoms with Gasteiger partial charge in [-0.25, -0.2) is 4.98 Å². The number of ether oxygens (including phenoxy) is 2. The largest absolute Gasteiger partial charge is 0.494 e. The van der Waals surface area contributed by atoms with Crippen LogP contribution in [0.15, 0.2) is 23.4 Å². The maximum atomic E-state index is 12.1. The molecule has 0 saturated carbocycles. The molecule has 0 aliphatic carbocycles. The van der Waals surface area contributed by atoms with E-state index in [1.807, 2.05) is 39.0 Å². The predicted molar refractivity (Wildman–Crippen MR) is 96.7 cm³/mol. The highest BCUT2D eigenvalue weighted by Gasteiger charge is 2.16. The summed E-state index contributed by atoms with van der Waals surface area (Å²) >= 11 is 1.41. The topological polar surface area (TPSA) is 76.2 Å². The van der Waals surface area contributed by atoms with E-state index in [9.17, 15) is 4.79 Å². The highest BCUT2D eigenvalue weighted by molar-refractivity contribution is 8.00. The van der Waals surface area contributed by atoms with E-state index in [1.54, 1.807) is 0 Å². The Balaban J connectivity index is 1.87. The third-order valence-electron chi connectivity index (χ3n) is 3.37. The van der Waals surface area contributed by atoms with Gasteiger partial charge in [-0.3, -0.25) is 4.79 Å². The second-order valence-electron chi connectivity index (χ2n) is 5.26. The first-order valence-corrected chi connectivity index (χ1v) is 9.16. The standard InChI is InChI=1S/C17H25N3O3S/c1-4-22-10-6-9-18-16(21)12(3)24-17-19-14-8-7-13(23-5-2)11-15(14)20-17/h7-8,11-12H,4-6,9-10H2,1-3H3,(H,18,21)(H,19,20). The van der Waals surface area contributed by atoms with Crippen LogP contribution < -0.4 is 10.1 Å². The molecule has 0 fully saturated rings. The van der Waals surface area contributed by atoms with Crippen molar-refractivity contribution in [2.45, 2.75) is 37.6 Å². The van der Waals surface area contributed by atoms with Crippen LogP contribution in [-0.4, -0.2) is 47.5 Å². The van der Waals surface area contributed by atoms with Crippen LogP contribution in [-0.2, 0) is 9.53 Å². The van der Waals surface area contributed by atoms with Crippen molar-refractivity contribution in [3.05, 3.63) is 18.2 Å². The quantitative estimate of drug-likeness (QED) is 0.508. The lowest BCUT2D eigenvalue weighted by atomic mass is 10.3. The van der Waals surface area contributed by atoms with Crippen molar-refractivity contribution in [1.29, 1.82) is 0 Å². The zero-order valence-electron chi connectivity index (χ0n) is 14.4. The SMILES string of the molecule is CCOCCCNC(=O)C(C)Sc1nc2ccc(OCC)cc2[nH]1. The molecule has 2 aromatic rings. The van der Waals surface area contributed by atoms with Crippen molar-refractivity contribution in [2.24, 2.45) is 0 Å². The number of nitrogens with one attached hydrogen (secondary N) is 2. The number of hydrogen-bond donors (Lipinski definition) is 2. The Hall–Kier alpha value is -1.73. The number of aromatic nitrogens is 2. The molecular formula is C17H25N3O3S. The zero-order chi connectivity index (χ0) is 17.4. The first-order valence-electron chi connectivity index (χ1n) is 8.28. The maximum absolute atomic E-state index is 12.1. The van der Waals surface area contributed by atoms with Crippen molar-refractivity contribution in [3.8, 4) is 5.75 Å². The van der Waals surface area contributed by atoms with E-state index in [4.69, 9.17) is 9.47 Å². The summed E-state index contributed by atoms with van der Waals surface area (Å²) < 4.78 is 10.7. The van der Waals surface area contributed by atoms with Crippen LogP contribution in [0, 0.1) is 0 Å². The van der Waals surface area contributed by atoms with Gasteiger partial charge in [0.15, 0.2) is 5.16 Å². The van der Waals surface area contributed by atoms with Crippen molar-refractivity contribution in [2.75, 3.05) is 26.4 Å². The molecule has 1 amide bonds. The number of aromatic amines is 1. The highest BCUT2D eigenvalue weighted by atomic mass is 32.2. The minimum atomic E-state index is -0.219. The minimum absolute atomic E-state index is 0.00644. The fourth-order valence-corrected chi connectivity index (χ4v) is 3.02. The van der Waals surface area contributed by atoms with E-state index in [1.165, 1.54) is 11.8 Å². The maximum Gasteiger partial charge on any atom is 0.233 e. The van der Waals surface area contributed by atoms with Gasteiger partial charge in [0, 0.05) is 25.8 Å². The van der Waals surface area contributed by atoms with Gasteiger partial charge >= 0.3 is 0 Å². The average Bonchev–Trinajstić information content (AvgIpc) is 2.96. The van der Waals surface area contributed by atoms with E-state index in [2.05, 4.69) is 15.3 Å². The molecule has 0 radical (unpaired) electrons. The Morgan fingerprint density at radius 3 is 2.96 bits per heavy atom. The Labute approximate surface area is 146 Å². The van der Waals surface area contributed by atoms with E-state index in [-0.39, 0.29) is 11.2 Å². The number of fused-ring (bicyclic) bond motifs is 1. The lowest BCUT2D eigenvalue weighted by Crippen LogP contribution is -2.32. The van der Waals surface area contributed by atoms with Gasteiger partial charge in [-0.05, 0) is 39.3 Å². The van der Waals surface area contributed by atoms with Gasteiger partial charge in [0.25, 0.3) is 0 Å². The lowest BCUT2D eigenvalue weighted by Gasteiger charge is -2.10. The number of carbonyl (C=O) groups is 1. The Kier molecular flexibility index (Phi) is 7.39. The van der Waals surface area contributed by atoms with Crippen LogP contribution in [0.25, 0.3) is 11.0 Å². The number of thioether (sulfide) groups is 1. The number of amides is 1. The molecule has 7 heteroatoms. The van der Waals surface area contributed by atoms with Crippen LogP contribution >= 0.6 is 11.8 Å². The number of hydrogen-bond acceptors (Lipinski definition) is 5. The summed E-state index contributed by atoms with van der Waals surface area (Å²) in [7, 11) is 0. The summed E-state index contributed by atoms with van der Waals surface area (Å²) in [5, 5.41) is 3.43. The molecule has 0 aliphatic heterocycles. The minimum Gasteiger partial charge on any atom is -0.494 e. The van der Waals surface area contributed by atoms with Gasteiger partial charge in [0.2, 0.25) is 5.91 Å². The molecule has 2 rings (SSSR count). The summed E-state index contributed by atoms with van der Waals surface area (Å²) in [6.07, 6.45) is 0.821. The van der Waals surface area contributed by atoms with Crippen molar-refractivity contribution in [3.63, 3.8) is 0 Å². The summed E-state index contributed by atoms with van der Waals surface area (Å²) in [5.41, 5.74) is 1.78. The first-order chi connectivity index (χ1) is 11.6. The molecule has 1 atom stereocenters. The third-order valence-corrected chi connectivity index (χ3v) is 4.35. The Bertz CT molecular complexity index is 660. The second-order valence-corrected chi connectivity index (χ2v) is 6.59. The molecular weight excluding hydrogens is 326 g/mol. The molecule has 132 valence electrons. The number of nitrogens with zero attached hydrogens (tertiary/aromatic N) is 1. The van der Waals surface area contributed by atoms with Crippen LogP contribution in [0.2, 0.25) is 0 Å². The van der Waals surface area contributed by atoms with Gasteiger partial charge in [-0.15, -0.1) is 0 Å². The van der Waals surface area contributed by atoms with E-state index >= 15 is 0 Å². The molecule has 1 heterocycles. The van der Waals surface area contributed by atoms with Crippen LogP contribution in [0.3, 0.4) is 0 Å². The Morgan fingerprint density at radius 2 is 2.21 bits per heavy atom. The van der Waals surface area contributed by atoms with E-state index in [0.29, 0.717) is 26.4 Å². The molecule has 0 spiro atoms. The molecule has 0 saturated heterocycles. The number of benzene rings is 1. The molecule has 0 bridgehead atoms. The molecule has 2 N–H and O–H groups in total. The zero-order valence-corrected chi connectivity index (χ0v) is 15.2. The summed E-state index contributed by atoms with van der Waals surface area (Å²) in [4.78, 5) is 19.8. The molecule has 6 nitrogen and oxygen atoms in total. The van der Waals surface area contributed by atoms with Gasteiger partial charge in [0.1, 0.15) is 5.75 Å². The van der Waals surface area contributed by atoms with Crippen LogP contribution in [0.5, 0.6) is 5.75 Å². The average molecular weight is 351 g/mol. The first kappa shape index (κ1) is 18.6. The number of imidazole rings is 1. The van der Waals surface area contributed by atoms with Gasteiger partial charge in [0.05, 0.1) is 22.9 Å². The lowest BCUT2D eigenvalue weighted by molar-refractivity contribution is -0.120. The van der Waals surface area contributed by atoms with Gasteiger partial charge in [-0.2, -0.15) is 0 Å². The second kappa shape index (κ2) is 9.54. The highest BCUT2D eigenvalue weighted by Crippen LogP contribution is 2.25. The number of carbonyl (C=O) groups excluding carboxylic acids is 1. The summed E-state index contributed by atoms with van der Waals surface area (Å²) in [5.74, 6) is 0.817. The van der Waals surface area contributed by atoms with Crippen molar-refractivity contribution >= 4 is 28.7 Å². The Morgan fingerprint density at radius 1 is 1.38 bits per heavy atom. The van der Waals surface area contributed by atoms with Crippen LogP contribution in [0.4, 0.5) is 0 Å². The normalized spacial score (nSPS) is 12.3. The van der Waals surface area contributed by atoms with Gasteiger partial charge in [-0.1, -0.05) is 11.8 Å². The van der Waals surface area contributed by atoms with Crippen LogP contribution in [0.1, 0.15) is 27.2 Å². The van der Waals surface area contributed by atoms with E-state index < -0.39 is 0 Å². The molecule has 1 aromatic carbocycles. The fourth-order valence-electron chi connectivity index (χ4n) is 2.17. The van der Waals surface area contributed by atoms with Gasteiger partial charge < -0.3 is 19.8 Å². The number of rotatable bonds is 10. The summed E-state index contributed by atoms with van der Waals surface area (Å²) in [6.45, 7) is 8.42.